The van der Waals surface area contributed by atoms with Crippen molar-refractivity contribution in [2.75, 3.05) is 11.1 Å². The van der Waals surface area contributed by atoms with Crippen molar-refractivity contribution in [3.05, 3.63) is 50.9 Å². The zero-order chi connectivity index (χ0) is 18.7. The summed E-state index contributed by atoms with van der Waals surface area (Å²) in [4.78, 5) is 16.5. The lowest BCUT2D eigenvalue weighted by Gasteiger charge is -2.07. The summed E-state index contributed by atoms with van der Waals surface area (Å²) < 4.78 is 1.78. The number of rotatable bonds is 5. The molecule has 0 bridgehead atoms. The van der Waals surface area contributed by atoms with E-state index in [0.29, 0.717) is 16.5 Å². The number of thioether (sulfide) groups is 1. The van der Waals surface area contributed by atoms with E-state index in [4.69, 9.17) is 0 Å². The molecule has 134 valence electrons. The number of benzene rings is 2. The highest BCUT2D eigenvalue weighted by atomic mass is 79.9. The number of nitrogens with one attached hydrogen (secondary N) is 2. The molecule has 0 atom stereocenters. The molecule has 1 aromatic heterocycles. The number of hydrogen-bond acceptors (Lipinski definition) is 5. The minimum atomic E-state index is -0.142. The highest BCUT2D eigenvalue weighted by Crippen LogP contribution is 2.30. The summed E-state index contributed by atoms with van der Waals surface area (Å²) in [5.41, 5.74) is 2.28. The summed E-state index contributed by atoms with van der Waals surface area (Å²) in [5, 5.41) is 20.1. The SMILES string of the molecule is Cc1cc(Br)ccc1NC(=O)CSc1n[nH]c(-c2cc(Br)ccc2O)n1. The predicted octanol–water partition coefficient (Wildman–Crippen LogP) is 4.74. The van der Waals surface area contributed by atoms with Gasteiger partial charge in [-0.15, -0.1) is 5.10 Å². The maximum Gasteiger partial charge on any atom is 0.234 e. The Labute approximate surface area is 171 Å². The first kappa shape index (κ1) is 18.9. The summed E-state index contributed by atoms with van der Waals surface area (Å²) in [6, 6.07) is 10.7. The monoisotopic (exact) mass is 496 g/mol. The number of carbonyl (C=O) groups excluding carboxylic acids is 1. The third kappa shape index (κ3) is 4.66. The Morgan fingerprint density at radius 1 is 1.23 bits per heavy atom. The average Bonchev–Trinajstić information content (AvgIpc) is 3.06. The molecule has 0 unspecified atom stereocenters. The van der Waals surface area contributed by atoms with E-state index in [-0.39, 0.29) is 17.4 Å². The van der Waals surface area contributed by atoms with Crippen molar-refractivity contribution in [2.45, 2.75) is 12.1 Å². The Balaban J connectivity index is 1.62. The van der Waals surface area contributed by atoms with Gasteiger partial charge in [0.25, 0.3) is 0 Å². The van der Waals surface area contributed by atoms with Crippen LogP contribution in [0.4, 0.5) is 5.69 Å². The molecule has 3 aromatic rings. The van der Waals surface area contributed by atoms with E-state index in [0.717, 1.165) is 20.2 Å². The topological polar surface area (TPSA) is 90.9 Å². The fraction of sp³-hybridized carbons (Fsp3) is 0.118. The molecule has 0 fully saturated rings. The van der Waals surface area contributed by atoms with Crippen LogP contribution in [-0.2, 0) is 4.79 Å². The van der Waals surface area contributed by atoms with Crippen LogP contribution in [0.5, 0.6) is 5.75 Å². The van der Waals surface area contributed by atoms with E-state index in [1.54, 1.807) is 18.2 Å². The van der Waals surface area contributed by atoms with Gasteiger partial charge in [-0.2, -0.15) is 0 Å². The first-order valence-electron chi connectivity index (χ1n) is 7.52. The summed E-state index contributed by atoms with van der Waals surface area (Å²) in [6.07, 6.45) is 0. The van der Waals surface area contributed by atoms with Crippen molar-refractivity contribution in [3.63, 3.8) is 0 Å². The largest absolute Gasteiger partial charge is 0.507 e. The molecule has 0 aliphatic heterocycles. The zero-order valence-electron chi connectivity index (χ0n) is 13.6. The molecule has 2 aromatic carbocycles. The van der Waals surface area contributed by atoms with Crippen LogP contribution in [0.25, 0.3) is 11.4 Å². The van der Waals surface area contributed by atoms with Crippen molar-refractivity contribution in [3.8, 4) is 17.1 Å². The predicted molar refractivity (Wildman–Crippen MR) is 109 cm³/mol. The van der Waals surface area contributed by atoms with E-state index in [1.165, 1.54) is 11.8 Å². The van der Waals surface area contributed by atoms with Gasteiger partial charge in [-0.05, 0) is 48.9 Å². The molecule has 26 heavy (non-hydrogen) atoms. The Bertz CT molecular complexity index is 962. The number of phenols is 1. The molecule has 1 amide bonds. The number of halogens is 2. The fourth-order valence-corrected chi connectivity index (χ4v) is 3.65. The number of phenolic OH excluding ortho intramolecular Hbond substituents is 1. The van der Waals surface area contributed by atoms with Crippen LogP contribution < -0.4 is 5.32 Å². The molecule has 0 saturated heterocycles. The zero-order valence-corrected chi connectivity index (χ0v) is 17.6. The average molecular weight is 498 g/mol. The smallest absolute Gasteiger partial charge is 0.234 e. The second-order valence-corrected chi connectivity index (χ2v) is 8.20. The summed E-state index contributed by atoms with van der Waals surface area (Å²) in [5.74, 6) is 0.578. The summed E-state index contributed by atoms with van der Waals surface area (Å²) >= 11 is 7.97. The Morgan fingerprint density at radius 3 is 2.73 bits per heavy atom. The fourth-order valence-electron chi connectivity index (χ4n) is 2.21. The van der Waals surface area contributed by atoms with E-state index >= 15 is 0 Å². The highest BCUT2D eigenvalue weighted by Gasteiger charge is 2.13. The lowest BCUT2D eigenvalue weighted by Crippen LogP contribution is -2.14. The van der Waals surface area contributed by atoms with E-state index in [1.807, 2.05) is 25.1 Å². The van der Waals surface area contributed by atoms with Crippen LogP contribution in [-0.4, -0.2) is 31.9 Å². The van der Waals surface area contributed by atoms with Crippen molar-refractivity contribution in [1.29, 1.82) is 0 Å². The number of nitrogens with zero attached hydrogens (tertiary/aromatic N) is 2. The second kappa shape index (κ2) is 8.24. The van der Waals surface area contributed by atoms with Gasteiger partial charge in [0.05, 0.1) is 11.3 Å². The number of aromatic nitrogens is 3. The lowest BCUT2D eigenvalue weighted by molar-refractivity contribution is -0.113. The van der Waals surface area contributed by atoms with Crippen LogP contribution in [0.1, 0.15) is 5.56 Å². The van der Waals surface area contributed by atoms with Gasteiger partial charge in [-0.25, -0.2) is 4.98 Å². The van der Waals surface area contributed by atoms with Crippen LogP contribution in [0.15, 0.2) is 50.5 Å². The first-order chi connectivity index (χ1) is 12.4. The van der Waals surface area contributed by atoms with Gasteiger partial charge in [0.15, 0.2) is 5.82 Å². The third-order valence-electron chi connectivity index (χ3n) is 3.47. The maximum absolute atomic E-state index is 12.1. The highest BCUT2D eigenvalue weighted by molar-refractivity contribution is 9.10. The molecule has 0 saturated carbocycles. The van der Waals surface area contributed by atoms with Gasteiger partial charge in [-0.1, -0.05) is 43.6 Å². The Morgan fingerprint density at radius 2 is 1.96 bits per heavy atom. The molecule has 0 radical (unpaired) electrons. The molecule has 3 rings (SSSR count). The van der Waals surface area contributed by atoms with E-state index < -0.39 is 0 Å². The standard InChI is InChI=1S/C17H14Br2N4O2S/c1-9-6-10(18)2-4-13(9)20-15(25)8-26-17-21-16(22-23-17)12-7-11(19)3-5-14(12)24/h2-7,24H,8H2,1H3,(H,20,25)(H,21,22,23). The molecule has 0 spiro atoms. The molecule has 0 aliphatic rings. The van der Waals surface area contributed by atoms with Crippen LogP contribution >= 0.6 is 43.6 Å². The number of aromatic hydroxyl groups is 1. The van der Waals surface area contributed by atoms with Gasteiger partial charge in [-0.3, -0.25) is 9.89 Å². The van der Waals surface area contributed by atoms with Gasteiger partial charge in [0, 0.05) is 14.6 Å². The summed E-state index contributed by atoms with van der Waals surface area (Å²) in [6.45, 7) is 1.93. The van der Waals surface area contributed by atoms with E-state index in [2.05, 4.69) is 52.4 Å². The minimum Gasteiger partial charge on any atom is -0.507 e. The minimum absolute atomic E-state index is 0.101. The Kier molecular flexibility index (Phi) is 6.00. The Hall–Kier alpha value is -1.84. The quantitative estimate of drug-likeness (QED) is 0.443. The molecular weight excluding hydrogens is 484 g/mol. The van der Waals surface area contributed by atoms with Gasteiger partial charge >= 0.3 is 0 Å². The molecule has 9 heteroatoms. The van der Waals surface area contributed by atoms with Crippen LogP contribution in [0.2, 0.25) is 0 Å². The number of hydrogen-bond donors (Lipinski definition) is 3. The third-order valence-corrected chi connectivity index (χ3v) is 5.31. The van der Waals surface area contributed by atoms with Gasteiger partial charge in [0.2, 0.25) is 11.1 Å². The number of aromatic amines is 1. The summed E-state index contributed by atoms with van der Waals surface area (Å²) in [7, 11) is 0. The molecule has 6 nitrogen and oxygen atoms in total. The normalized spacial score (nSPS) is 10.7. The number of anilines is 1. The van der Waals surface area contributed by atoms with Crippen LogP contribution in [0, 0.1) is 6.92 Å². The van der Waals surface area contributed by atoms with Crippen molar-refractivity contribution in [1.82, 2.24) is 15.2 Å². The molecular formula is C17H14Br2N4O2S. The van der Waals surface area contributed by atoms with Crippen LogP contribution in [0.3, 0.4) is 0 Å². The number of aryl methyl sites for hydroxylation is 1. The molecule has 1 heterocycles. The van der Waals surface area contributed by atoms with Crippen molar-refractivity contribution < 1.29 is 9.90 Å². The number of H-pyrrole nitrogens is 1. The number of carbonyl (C=O) groups is 1. The van der Waals surface area contributed by atoms with Gasteiger partial charge in [0.1, 0.15) is 5.75 Å². The second-order valence-electron chi connectivity index (χ2n) is 5.42. The molecule has 3 N–H and O–H groups in total. The maximum atomic E-state index is 12.1. The lowest BCUT2D eigenvalue weighted by atomic mass is 10.2. The van der Waals surface area contributed by atoms with E-state index in [9.17, 15) is 9.90 Å². The number of amides is 1. The molecule has 0 aliphatic carbocycles. The van der Waals surface area contributed by atoms with Crippen molar-refractivity contribution >= 4 is 55.2 Å². The van der Waals surface area contributed by atoms with Gasteiger partial charge < -0.3 is 10.4 Å². The van der Waals surface area contributed by atoms with Crippen molar-refractivity contribution in [2.24, 2.45) is 0 Å². The first-order valence-corrected chi connectivity index (χ1v) is 10.1.